The van der Waals surface area contributed by atoms with Crippen LogP contribution in [0.4, 0.5) is 0 Å². The predicted molar refractivity (Wildman–Crippen MR) is 177 cm³/mol. The van der Waals surface area contributed by atoms with E-state index >= 15 is 0 Å². The maximum absolute atomic E-state index is 14.2. The molecule has 6 rings (SSSR count). The number of hydrogen-bond donors (Lipinski definition) is 0. The Hall–Kier alpha value is -3.88. The fraction of sp³-hybridized carbons (Fsp3) is 0.147. The number of esters is 1. The number of carbonyl (C=O) groups is 1. The summed E-state index contributed by atoms with van der Waals surface area (Å²) in [7, 11) is 0. The second-order valence-corrected chi connectivity index (χ2v) is 12.3. The van der Waals surface area contributed by atoms with Crippen LogP contribution >= 0.6 is 46.1 Å². The minimum absolute atomic E-state index is 0.181. The molecule has 2 heterocycles. The molecule has 1 aliphatic rings. The lowest BCUT2D eigenvalue weighted by Gasteiger charge is -2.25. The summed E-state index contributed by atoms with van der Waals surface area (Å²) in [6.45, 7) is 3.86. The molecule has 6 nitrogen and oxygen atoms in total. The molecule has 4 aromatic carbocycles. The molecule has 0 radical (unpaired) electrons. The van der Waals surface area contributed by atoms with Gasteiger partial charge in [-0.2, -0.15) is 0 Å². The van der Waals surface area contributed by atoms with Gasteiger partial charge in [0.05, 0.1) is 22.4 Å². The molecule has 0 bridgehead atoms. The van der Waals surface area contributed by atoms with Gasteiger partial charge >= 0.3 is 5.97 Å². The van der Waals surface area contributed by atoms with Crippen molar-refractivity contribution in [2.45, 2.75) is 26.5 Å². The van der Waals surface area contributed by atoms with Crippen molar-refractivity contribution in [2.75, 3.05) is 6.61 Å². The van der Waals surface area contributed by atoms with Gasteiger partial charge in [0.1, 0.15) is 18.4 Å². The van der Waals surface area contributed by atoms with Crippen LogP contribution in [-0.2, 0) is 16.1 Å². The molecule has 10 heteroatoms. The number of nitrogens with zero attached hydrogens (tertiary/aromatic N) is 2. The highest BCUT2D eigenvalue weighted by Crippen LogP contribution is 2.35. The quantitative estimate of drug-likeness (QED) is 0.169. The number of halogens is 3. The number of ether oxygens (including phenoxy) is 2. The summed E-state index contributed by atoms with van der Waals surface area (Å²) in [5, 5.41) is 3.36. The monoisotopic (exact) mass is 662 g/mol. The van der Waals surface area contributed by atoms with Crippen LogP contribution < -0.4 is 19.6 Å². The second-order valence-electron chi connectivity index (χ2n) is 10.0. The van der Waals surface area contributed by atoms with Gasteiger partial charge in [-0.25, -0.2) is 9.79 Å². The van der Waals surface area contributed by atoms with E-state index in [1.54, 1.807) is 44.2 Å². The first-order valence-electron chi connectivity index (χ1n) is 13.8. The number of benzene rings is 4. The molecule has 0 spiro atoms. The number of fused-ring (bicyclic) bond motifs is 2. The largest absolute Gasteiger partial charge is 0.488 e. The standard InChI is InChI=1S/C34H25Cl3N2O4S/c1-3-42-33(41)30-19(2)38-34-39(31(30)24-10-6-7-11-26(24)36)32(40)29(44-34)17-25-23-9-5-4-8-20(23)13-15-28(25)43-18-21-12-14-22(35)16-27(21)37/h4-17,31H,3,18H2,1-2H3/b29-17-/t31-/m0/s1. The third-order valence-electron chi connectivity index (χ3n) is 7.32. The number of aromatic nitrogens is 1. The highest BCUT2D eigenvalue weighted by molar-refractivity contribution is 7.07. The predicted octanol–water partition coefficient (Wildman–Crippen LogP) is 7.49. The zero-order chi connectivity index (χ0) is 31.0. The Morgan fingerprint density at radius 1 is 1.00 bits per heavy atom. The lowest BCUT2D eigenvalue weighted by molar-refractivity contribution is -0.139. The Morgan fingerprint density at radius 3 is 2.55 bits per heavy atom. The first-order chi connectivity index (χ1) is 21.3. The van der Waals surface area contributed by atoms with Crippen LogP contribution in [0.2, 0.25) is 15.1 Å². The summed E-state index contributed by atoms with van der Waals surface area (Å²) in [5.74, 6) is 0.0325. The smallest absolute Gasteiger partial charge is 0.338 e. The van der Waals surface area contributed by atoms with Gasteiger partial charge in [0.15, 0.2) is 4.80 Å². The zero-order valence-electron chi connectivity index (χ0n) is 23.6. The fourth-order valence-electron chi connectivity index (χ4n) is 5.26. The number of rotatable bonds is 7. The highest BCUT2D eigenvalue weighted by atomic mass is 35.5. The Bertz CT molecular complexity index is 2150. The van der Waals surface area contributed by atoms with Crippen LogP contribution in [-0.4, -0.2) is 17.1 Å². The van der Waals surface area contributed by atoms with E-state index in [2.05, 4.69) is 4.99 Å². The lowest BCUT2D eigenvalue weighted by atomic mass is 9.96. The van der Waals surface area contributed by atoms with Crippen LogP contribution in [0.3, 0.4) is 0 Å². The third-order valence-corrected chi connectivity index (χ3v) is 9.24. The molecule has 44 heavy (non-hydrogen) atoms. The number of hydrogen-bond acceptors (Lipinski definition) is 6. The van der Waals surface area contributed by atoms with Crippen LogP contribution in [0.15, 0.2) is 99.9 Å². The molecule has 5 aromatic rings. The van der Waals surface area contributed by atoms with E-state index < -0.39 is 12.0 Å². The molecular weight excluding hydrogens is 639 g/mol. The first-order valence-corrected chi connectivity index (χ1v) is 15.7. The summed E-state index contributed by atoms with van der Waals surface area (Å²) < 4.78 is 13.6. The van der Waals surface area contributed by atoms with E-state index in [0.717, 1.165) is 21.9 Å². The molecule has 0 saturated carbocycles. The molecule has 1 aromatic heterocycles. The molecule has 1 atom stereocenters. The van der Waals surface area contributed by atoms with Crippen molar-refractivity contribution in [3.63, 3.8) is 0 Å². The van der Waals surface area contributed by atoms with E-state index in [0.29, 0.717) is 41.4 Å². The van der Waals surface area contributed by atoms with Crippen molar-refractivity contribution in [1.82, 2.24) is 4.57 Å². The van der Waals surface area contributed by atoms with Crippen LogP contribution in [0, 0.1) is 0 Å². The van der Waals surface area contributed by atoms with Gasteiger partial charge in [-0.05, 0) is 60.5 Å². The fourth-order valence-corrected chi connectivity index (χ4v) is 6.99. The van der Waals surface area contributed by atoms with Gasteiger partial charge in [0.2, 0.25) is 0 Å². The molecular formula is C34H25Cl3N2O4S. The molecule has 0 unspecified atom stereocenters. The van der Waals surface area contributed by atoms with Gasteiger partial charge in [-0.1, -0.05) is 101 Å². The third kappa shape index (κ3) is 5.69. The second kappa shape index (κ2) is 12.6. The van der Waals surface area contributed by atoms with Gasteiger partial charge in [0, 0.05) is 26.2 Å². The van der Waals surface area contributed by atoms with Gasteiger partial charge in [0.25, 0.3) is 5.56 Å². The lowest BCUT2D eigenvalue weighted by Crippen LogP contribution is -2.40. The molecule has 0 amide bonds. The molecule has 222 valence electrons. The van der Waals surface area contributed by atoms with Crippen molar-refractivity contribution >= 4 is 69.0 Å². The Morgan fingerprint density at radius 2 is 1.77 bits per heavy atom. The van der Waals surface area contributed by atoms with Crippen LogP contribution in [0.5, 0.6) is 5.75 Å². The van der Waals surface area contributed by atoms with E-state index in [9.17, 15) is 9.59 Å². The Labute approximate surface area is 272 Å². The normalized spacial score (nSPS) is 14.8. The summed E-state index contributed by atoms with van der Waals surface area (Å²) in [6.07, 6.45) is 1.82. The minimum atomic E-state index is -0.809. The summed E-state index contributed by atoms with van der Waals surface area (Å²) >= 11 is 20.4. The zero-order valence-corrected chi connectivity index (χ0v) is 26.7. The number of thiazole rings is 1. The van der Waals surface area contributed by atoms with E-state index in [1.165, 1.54) is 15.9 Å². The highest BCUT2D eigenvalue weighted by Gasteiger charge is 2.34. The summed E-state index contributed by atoms with van der Waals surface area (Å²) in [4.78, 5) is 32.6. The van der Waals surface area contributed by atoms with E-state index in [-0.39, 0.29) is 24.3 Å². The maximum atomic E-state index is 14.2. The topological polar surface area (TPSA) is 69.9 Å². The van der Waals surface area contributed by atoms with Crippen molar-refractivity contribution in [1.29, 1.82) is 0 Å². The molecule has 0 saturated heterocycles. The maximum Gasteiger partial charge on any atom is 0.338 e. The van der Waals surface area contributed by atoms with Crippen molar-refractivity contribution in [3.05, 3.63) is 142 Å². The SMILES string of the molecule is CCOC(=O)C1=C(C)N=c2s/c(=C\c3c(OCc4ccc(Cl)cc4Cl)ccc4ccccc34)c(=O)n2[C@H]1c1ccccc1Cl. The first kappa shape index (κ1) is 30.2. The van der Waals surface area contributed by atoms with Gasteiger partial charge in [-0.15, -0.1) is 0 Å². The van der Waals surface area contributed by atoms with E-state index in [4.69, 9.17) is 44.3 Å². The average molecular weight is 664 g/mol. The summed E-state index contributed by atoms with van der Waals surface area (Å²) in [5.41, 5.74) is 2.54. The van der Waals surface area contributed by atoms with Gasteiger partial charge < -0.3 is 9.47 Å². The molecule has 0 aliphatic carbocycles. The van der Waals surface area contributed by atoms with Crippen LogP contribution in [0.25, 0.3) is 16.8 Å². The van der Waals surface area contributed by atoms with Gasteiger partial charge in [-0.3, -0.25) is 9.36 Å². The Balaban J connectivity index is 1.53. The molecule has 1 aliphatic heterocycles. The summed E-state index contributed by atoms with van der Waals surface area (Å²) in [6, 6.07) is 23.3. The minimum Gasteiger partial charge on any atom is -0.488 e. The molecule has 0 fully saturated rings. The van der Waals surface area contributed by atoms with Crippen molar-refractivity contribution in [2.24, 2.45) is 4.99 Å². The number of allylic oxidation sites excluding steroid dienone is 1. The van der Waals surface area contributed by atoms with Crippen LogP contribution in [0.1, 0.15) is 36.6 Å². The van der Waals surface area contributed by atoms with E-state index in [1.807, 2.05) is 54.6 Å². The average Bonchev–Trinajstić information content (AvgIpc) is 3.31. The van der Waals surface area contributed by atoms with Crippen molar-refractivity contribution in [3.8, 4) is 5.75 Å². The van der Waals surface area contributed by atoms with Crippen molar-refractivity contribution < 1.29 is 14.3 Å². The Kier molecular flexibility index (Phi) is 8.65. The number of carbonyl (C=O) groups excluding carboxylic acids is 1. The molecule has 0 N–H and O–H groups in total.